The molecule has 0 rings (SSSR count). The van der Waals surface area contributed by atoms with Crippen molar-refractivity contribution >= 4 is 0 Å². The Morgan fingerprint density at radius 3 is 1.47 bits per heavy atom. The number of unbranched alkanes of at least 4 members (excludes halogenated alkanes) is 10. The molecule has 0 aromatic carbocycles. The van der Waals surface area contributed by atoms with Gasteiger partial charge in [-0.25, -0.2) is 0 Å². The lowest BCUT2D eigenvalue weighted by Crippen LogP contribution is -1.93. The number of aliphatic hydroxyl groups excluding tert-OH is 1. The molecule has 0 unspecified atom stereocenters. The molecule has 1 atom stereocenters. The van der Waals surface area contributed by atoms with Crippen LogP contribution in [0.15, 0.2) is 0 Å². The second kappa shape index (κ2) is 16.0. The minimum absolute atomic E-state index is 0.372. The van der Waals surface area contributed by atoms with Crippen molar-refractivity contribution in [2.75, 3.05) is 6.61 Å². The Balaban J connectivity index is 2.99. The van der Waals surface area contributed by atoms with Gasteiger partial charge in [0.2, 0.25) is 0 Å². The van der Waals surface area contributed by atoms with Crippen molar-refractivity contribution in [2.24, 2.45) is 5.92 Å². The fourth-order valence-electron chi connectivity index (χ4n) is 2.83. The zero-order valence-electron chi connectivity index (χ0n) is 13.6. The van der Waals surface area contributed by atoms with Crippen molar-refractivity contribution in [1.29, 1.82) is 0 Å². The first kappa shape index (κ1) is 19.0. The van der Waals surface area contributed by atoms with Gasteiger partial charge in [0, 0.05) is 6.61 Å². The molecule has 0 radical (unpaired) electrons. The maximum atomic E-state index is 8.67. The van der Waals surface area contributed by atoms with E-state index in [-0.39, 0.29) is 0 Å². The van der Waals surface area contributed by atoms with Crippen LogP contribution in [0.4, 0.5) is 0 Å². The Hall–Kier alpha value is -0.0400. The minimum atomic E-state index is 0.372. The van der Waals surface area contributed by atoms with Crippen LogP contribution in [0, 0.1) is 5.92 Å². The second-order valence-corrected chi connectivity index (χ2v) is 6.30. The number of rotatable bonds is 15. The lowest BCUT2D eigenvalue weighted by Gasteiger charge is -2.09. The van der Waals surface area contributed by atoms with E-state index in [1.54, 1.807) is 0 Å². The monoisotopic (exact) mass is 270 g/mol. The molecule has 1 nitrogen and oxygen atoms in total. The predicted octanol–water partition coefficient (Wildman–Crippen LogP) is 6.10. The molecule has 0 spiro atoms. The molecule has 0 aromatic heterocycles. The molecule has 0 amide bonds. The summed E-state index contributed by atoms with van der Waals surface area (Å²) in [4.78, 5) is 0. The Kier molecular flexibility index (Phi) is 16.0. The quantitative estimate of drug-likeness (QED) is 0.357. The molecular weight excluding hydrogens is 232 g/mol. The Labute approximate surface area is 122 Å². The average molecular weight is 271 g/mol. The molecule has 0 aliphatic rings. The molecule has 19 heavy (non-hydrogen) atoms. The summed E-state index contributed by atoms with van der Waals surface area (Å²) in [6.07, 6.45) is 19.1. The zero-order valence-corrected chi connectivity index (χ0v) is 13.6. The van der Waals surface area contributed by atoms with E-state index < -0.39 is 0 Å². The Morgan fingerprint density at radius 1 is 0.632 bits per heavy atom. The topological polar surface area (TPSA) is 20.2 Å². The van der Waals surface area contributed by atoms with E-state index >= 15 is 0 Å². The largest absolute Gasteiger partial charge is 0.396 e. The molecule has 0 aromatic rings. The van der Waals surface area contributed by atoms with Crippen molar-refractivity contribution in [3.8, 4) is 0 Å². The molecular formula is C18H38O. The SMILES string of the molecule is CCC[C@H](C)CCCCCCCCCCCCCO. The lowest BCUT2D eigenvalue weighted by molar-refractivity contribution is 0.282. The molecule has 0 aliphatic carbocycles. The lowest BCUT2D eigenvalue weighted by atomic mass is 9.98. The summed E-state index contributed by atoms with van der Waals surface area (Å²) in [6.45, 7) is 5.07. The van der Waals surface area contributed by atoms with Crippen LogP contribution < -0.4 is 0 Å². The van der Waals surface area contributed by atoms with Crippen molar-refractivity contribution in [2.45, 2.75) is 104 Å². The summed E-state index contributed by atoms with van der Waals surface area (Å²) in [5.41, 5.74) is 0. The van der Waals surface area contributed by atoms with Crippen LogP contribution in [-0.2, 0) is 0 Å². The summed E-state index contributed by atoms with van der Waals surface area (Å²) in [6, 6.07) is 0. The Bertz CT molecular complexity index is 156. The number of hydrogen-bond donors (Lipinski definition) is 1. The summed E-state index contributed by atoms with van der Waals surface area (Å²) < 4.78 is 0. The van der Waals surface area contributed by atoms with Crippen molar-refractivity contribution in [3.05, 3.63) is 0 Å². The van der Waals surface area contributed by atoms with Crippen LogP contribution in [0.1, 0.15) is 104 Å². The smallest absolute Gasteiger partial charge is 0.0431 e. The van der Waals surface area contributed by atoms with Gasteiger partial charge in [-0.05, 0) is 12.3 Å². The Morgan fingerprint density at radius 2 is 1.05 bits per heavy atom. The van der Waals surface area contributed by atoms with E-state index in [0.717, 1.165) is 12.3 Å². The van der Waals surface area contributed by atoms with E-state index in [1.165, 1.54) is 83.5 Å². The molecule has 1 N–H and O–H groups in total. The first-order chi connectivity index (χ1) is 9.31. The van der Waals surface area contributed by atoms with E-state index in [0.29, 0.717) is 6.61 Å². The van der Waals surface area contributed by atoms with E-state index in [2.05, 4.69) is 13.8 Å². The van der Waals surface area contributed by atoms with Crippen LogP contribution in [0.3, 0.4) is 0 Å². The van der Waals surface area contributed by atoms with Crippen molar-refractivity contribution in [1.82, 2.24) is 0 Å². The van der Waals surface area contributed by atoms with Gasteiger partial charge < -0.3 is 5.11 Å². The second-order valence-electron chi connectivity index (χ2n) is 6.30. The normalized spacial score (nSPS) is 12.8. The molecule has 0 aliphatic heterocycles. The van der Waals surface area contributed by atoms with Gasteiger partial charge in [-0.15, -0.1) is 0 Å². The van der Waals surface area contributed by atoms with Crippen LogP contribution in [0.5, 0.6) is 0 Å². The highest BCUT2D eigenvalue weighted by molar-refractivity contribution is 4.53. The fourth-order valence-corrected chi connectivity index (χ4v) is 2.83. The predicted molar refractivity (Wildman–Crippen MR) is 86.6 cm³/mol. The first-order valence-corrected chi connectivity index (χ1v) is 8.92. The molecule has 1 heteroatoms. The molecule has 0 heterocycles. The van der Waals surface area contributed by atoms with E-state index in [1.807, 2.05) is 0 Å². The van der Waals surface area contributed by atoms with Crippen LogP contribution in [0.25, 0.3) is 0 Å². The maximum absolute atomic E-state index is 8.67. The van der Waals surface area contributed by atoms with Crippen LogP contribution >= 0.6 is 0 Å². The molecule has 0 saturated heterocycles. The van der Waals surface area contributed by atoms with Crippen LogP contribution in [-0.4, -0.2) is 11.7 Å². The number of aliphatic hydroxyl groups is 1. The summed E-state index contributed by atoms with van der Waals surface area (Å²) in [7, 11) is 0. The van der Waals surface area contributed by atoms with Gasteiger partial charge in [0.05, 0.1) is 0 Å². The van der Waals surface area contributed by atoms with Crippen molar-refractivity contribution < 1.29 is 5.11 Å². The van der Waals surface area contributed by atoms with Gasteiger partial charge in [-0.3, -0.25) is 0 Å². The third kappa shape index (κ3) is 15.9. The van der Waals surface area contributed by atoms with E-state index in [9.17, 15) is 0 Å². The van der Waals surface area contributed by atoms with E-state index in [4.69, 9.17) is 5.11 Å². The van der Waals surface area contributed by atoms with Gasteiger partial charge >= 0.3 is 0 Å². The zero-order chi connectivity index (χ0) is 14.2. The van der Waals surface area contributed by atoms with Gasteiger partial charge in [-0.1, -0.05) is 97.3 Å². The first-order valence-electron chi connectivity index (χ1n) is 8.92. The van der Waals surface area contributed by atoms with Gasteiger partial charge in [0.25, 0.3) is 0 Å². The van der Waals surface area contributed by atoms with Gasteiger partial charge in [0.1, 0.15) is 0 Å². The third-order valence-corrected chi connectivity index (χ3v) is 4.14. The highest BCUT2D eigenvalue weighted by atomic mass is 16.2. The highest BCUT2D eigenvalue weighted by Crippen LogP contribution is 2.16. The molecule has 0 bridgehead atoms. The molecule has 0 fully saturated rings. The van der Waals surface area contributed by atoms with Crippen molar-refractivity contribution in [3.63, 3.8) is 0 Å². The number of hydrogen-bond acceptors (Lipinski definition) is 1. The summed E-state index contributed by atoms with van der Waals surface area (Å²) in [5.74, 6) is 0.948. The minimum Gasteiger partial charge on any atom is -0.396 e. The van der Waals surface area contributed by atoms with Crippen LogP contribution in [0.2, 0.25) is 0 Å². The molecule has 116 valence electrons. The highest BCUT2D eigenvalue weighted by Gasteiger charge is 1.99. The van der Waals surface area contributed by atoms with Gasteiger partial charge in [-0.2, -0.15) is 0 Å². The van der Waals surface area contributed by atoms with Gasteiger partial charge in [0.15, 0.2) is 0 Å². The third-order valence-electron chi connectivity index (χ3n) is 4.14. The average Bonchev–Trinajstić information content (AvgIpc) is 2.40. The summed E-state index contributed by atoms with van der Waals surface area (Å²) in [5, 5.41) is 8.67. The summed E-state index contributed by atoms with van der Waals surface area (Å²) >= 11 is 0. The standard InChI is InChI=1S/C18H38O/c1-3-15-18(2)16-13-11-9-7-5-4-6-8-10-12-14-17-19/h18-19H,3-17H2,1-2H3/t18-/m0/s1. The fraction of sp³-hybridized carbons (Fsp3) is 1.00. The molecule has 0 saturated carbocycles. The maximum Gasteiger partial charge on any atom is 0.0431 e.